The second-order valence-corrected chi connectivity index (χ2v) is 7.56. The Kier molecular flexibility index (Phi) is 5.61. The number of carbonyl (C=O) groups is 2. The second-order valence-electron chi connectivity index (χ2n) is 7.56. The Labute approximate surface area is 174 Å². The smallest absolute Gasteiger partial charge is 0.261 e. The van der Waals surface area contributed by atoms with Gasteiger partial charge in [0.2, 0.25) is 11.8 Å². The topological polar surface area (TPSA) is 84.3 Å². The van der Waals surface area contributed by atoms with Crippen molar-refractivity contribution in [2.75, 3.05) is 11.4 Å². The summed E-state index contributed by atoms with van der Waals surface area (Å²) in [6.07, 6.45) is 3.20. The van der Waals surface area contributed by atoms with E-state index in [2.05, 4.69) is 10.3 Å². The van der Waals surface area contributed by atoms with Crippen LogP contribution in [0.25, 0.3) is 10.9 Å². The Bertz CT molecular complexity index is 1150. The second kappa shape index (κ2) is 8.49. The Morgan fingerprint density at radius 1 is 1.13 bits per heavy atom. The fourth-order valence-corrected chi connectivity index (χ4v) is 3.72. The molecule has 0 bridgehead atoms. The zero-order valence-electron chi connectivity index (χ0n) is 16.9. The van der Waals surface area contributed by atoms with Crippen molar-refractivity contribution in [1.29, 1.82) is 0 Å². The van der Waals surface area contributed by atoms with E-state index in [1.54, 1.807) is 11.0 Å². The van der Waals surface area contributed by atoms with E-state index in [4.69, 9.17) is 0 Å². The van der Waals surface area contributed by atoms with Gasteiger partial charge >= 0.3 is 0 Å². The fraction of sp³-hybridized carbons (Fsp3) is 0.304. The van der Waals surface area contributed by atoms with E-state index in [1.165, 1.54) is 10.9 Å². The minimum absolute atomic E-state index is 0.134. The normalized spacial score (nSPS) is 13.8. The minimum atomic E-state index is -0.136. The highest BCUT2D eigenvalue weighted by atomic mass is 16.2. The van der Waals surface area contributed by atoms with Gasteiger partial charge in [-0.2, -0.15) is 0 Å². The molecule has 3 aromatic rings. The molecule has 0 aliphatic carbocycles. The molecule has 1 aromatic heterocycles. The highest BCUT2D eigenvalue weighted by Gasteiger charge is 2.21. The quantitative estimate of drug-likeness (QED) is 0.684. The molecule has 1 fully saturated rings. The number of carbonyl (C=O) groups excluding carboxylic acids is 2. The SMILES string of the molecule is Cc1cccc2c(=O)n(CCC(=O)NCc3ccc(N4CCCC4=O)cc3)cnc12. The molecule has 0 unspecified atom stereocenters. The number of fused-ring (bicyclic) bond motifs is 1. The molecule has 1 saturated heterocycles. The number of para-hydroxylation sites is 1. The number of benzene rings is 2. The first-order chi connectivity index (χ1) is 14.5. The van der Waals surface area contributed by atoms with Crippen LogP contribution in [0.15, 0.2) is 53.6 Å². The first-order valence-electron chi connectivity index (χ1n) is 10.1. The molecule has 154 valence electrons. The number of amides is 2. The molecule has 30 heavy (non-hydrogen) atoms. The van der Waals surface area contributed by atoms with Gasteiger partial charge < -0.3 is 10.2 Å². The number of aryl methyl sites for hydroxylation is 2. The van der Waals surface area contributed by atoms with Gasteiger partial charge in [-0.05, 0) is 42.7 Å². The highest BCUT2D eigenvalue weighted by molar-refractivity contribution is 5.95. The molecule has 2 aromatic carbocycles. The van der Waals surface area contributed by atoms with Gasteiger partial charge in [-0.1, -0.05) is 24.3 Å². The maximum absolute atomic E-state index is 12.6. The number of rotatable bonds is 6. The van der Waals surface area contributed by atoms with Crippen molar-refractivity contribution in [3.63, 3.8) is 0 Å². The third kappa shape index (κ3) is 4.10. The van der Waals surface area contributed by atoms with E-state index < -0.39 is 0 Å². The van der Waals surface area contributed by atoms with Crippen LogP contribution in [-0.2, 0) is 22.7 Å². The first-order valence-corrected chi connectivity index (χ1v) is 10.1. The van der Waals surface area contributed by atoms with E-state index in [1.807, 2.05) is 43.3 Å². The molecule has 2 amide bonds. The van der Waals surface area contributed by atoms with Crippen LogP contribution in [0.4, 0.5) is 5.69 Å². The van der Waals surface area contributed by atoms with E-state index in [-0.39, 0.29) is 30.3 Å². The van der Waals surface area contributed by atoms with Gasteiger partial charge in [-0.25, -0.2) is 4.98 Å². The summed E-state index contributed by atoms with van der Waals surface area (Å²) in [6, 6.07) is 13.2. The average Bonchev–Trinajstić information content (AvgIpc) is 3.18. The summed E-state index contributed by atoms with van der Waals surface area (Å²) >= 11 is 0. The number of hydrogen-bond donors (Lipinski definition) is 1. The summed E-state index contributed by atoms with van der Waals surface area (Å²) in [5.74, 6) is 0.0228. The number of nitrogens with zero attached hydrogens (tertiary/aromatic N) is 3. The van der Waals surface area contributed by atoms with Gasteiger partial charge in [0.25, 0.3) is 5.56 Å². The summed E-state index contributed by atoms with van der Waals surface area (Å²) in [6.45, 7) is 3.36. The predicted octanol–water partition coefficient (Wildman–Crippen LogP) is 2.54. The summed E-state index contributed by atoms with van der Waals surface area (Å²) < 4.78 is 1.48. The molecule has 0 radical (unpaired) electrons. The van der Waals surface area contributed by atoms with Gasteiger partial charge in [0.15, 0.2) is 0 Å². The Balaban J connectivity index is 1.32. The Morgan fingerprint density at radius 3 is 2.67 bits per heavy atom. The molecule has 1 aliphatic heterocycles. The molecule has 0 atom stereocenters. The largest absolute Gasteiger partial charge is 0.352 e. The van der Waals surface area contributed by atoms with Gasteiger partial charge in [0.1, 0.15) is 0 Å². The summed E-state index contributed by atoms with van der Waals surface area (Å²) in [7, 11) is 0. The number of nitrogens with one attached hydrogen (secondary N) is 1. The standard InChI is InChI=1S/C23H24N4O3/c1-16-4-2-5-19-22(16)25-15-26(23(19)30)13-11-20(28)24-14-17-7-9-18(10-8-17)27-12-3-6-21(27)29/h2,4-5,7-10,15H,3,6,11-14H2,1H3,(H,24,28). The van der Waals surface area contributed by atoms with Crippen molar-refractivity contribution in [2.45, 2.75) is 39.3 Å². The van der Waals surface area contributed by atoms with Crippen molar-refractivity contribution in [3.05, 3.63) is 70.3 Å². The van der Waals surface area contributed by atoms with Crippen LogP contribution in [0.2, 0.25) is 0 Å². The maximum atomic E-state index is 12.6. The fourth-order valence-electron chi connectivity index (χ4n) is 3.72. The molecular formula is C23H24N4O3. The van der Waals surface area contributed by atoms with E-state index in [0.717, 1.165) is 29.8 Å². The van der Waals surface area contributed by atoms with Crippen LogP contribution in [0.5, 0.6) is 0 Å². The summed E-state index contributed by atoms with van der Waals surface area (Å²) in [5.41, 5.74) is 3.37. The third-order valence-corrected chi connectivity index (χ3v) is 5.45. The lowest BCUT2D eigenvalue weighted by Gasteiger charge is -2.16. The molecular weight excluding hydrogens is 380 g/mol. The molecule has 1 aliphatic rings. The Hall–Kier alpha value is -3.48. The summed E-state index contributed by atoms with van der Waals surface area (Å²) in [5, 5.41) is 3.44. The average molecular weight is 404 g/mol. The monoisotopic (exact) mass is 404 g/mol. The lowest BCUT2D eigenvalue weighted by atomic mass is 10.1. The van der Waals surface area contributed by atoms with Crippen molar-refractivity contribution in [3.8, 4) is 0 Å². The maximum Gasteiger partial charge on any atom is 0.261 e. The van der Waals surface area contributed by atoms with Crippen LogP contribution in [0.1, 0.15) is 30.4 Å². The van der Waals surface area contributed by atoms with Crippen molar-refractivity contribution < 1.29 is 9.59 Å². The van der Waals surface area contributed by atoms with E-state index >= 15 is 0 Å². The van der Waals surface area contributed by atoms with Gasteiger partial charge in [0, 0.05) is 38.2 Å². The third-order valence-electron chi connectivity index (χ3n) is 5.45. The van der Waals surface area contributed by atoms with Gasteiger partial charge in [-0.3, -0.25) is 19.0 Å². The van der Waals surface area contributed by atoms with Crippen molar-refractivity contribution >= 4 is 28.4 Å². The van der Waals surface area contributed by atoms with E-state index in [0.29, 0.717) is 23.9 Å². The van der Waals surface area contributed by atoms with Gasteiger partial charge in [0.05, 0.1) is 17.2 Å². The predicted molar refractivity (Wildman–Crippen MR) is 115 cm³/mol. The van der Waals surface area contributed by atoms with Crippen molar-refractivity contribution in [1.82, 2.24) is 14.9 Å². The minimum Gasteiger partial charge on any atom is -0.352 e. The van der Waals surface area contributed by atoms with Crippen LogP contribution >= 0.6 is 0 Å². The lowest BCUT2D eigenvalue weighted by Crippen LogP contribution is -2.27. The van der Waals surface area contributed by atoms with E-state index in [9.17, 15) is 14.4 Å². The molecule has 7 nitrogen and oxygen atoms in total. The molecule has 0 spiro atoms. The number of anilines is 1. The lowest BCUT2D eigenvalue weighted by molar-refractivity contribution is -0.121. The van der Waals surface area contributed by atoms with Crippen LogP contribution in [-0.4, -0.2) is 27.9 Å². The number of aromatic nitrogens is 2. The van der Waals surface area contributed by atoms with Crippen LogP contribution in [0, 0.1) is 6.92 Å². The summed E-state index contributed by atoms with van der Waals surface area (Å²) in [4.78, 5) is 42.8. The molecule has 1 N–H and O–H groups in total. The Morgan fingerprint density at radius 2 is 1.93 bits per heavy atom. The van der Waals surface area contributed by atoms with Gasteiger partial charge in [-0.15, -0.1) is 0 Å². The zero-order chi connectivity index (χ0) is 21.1. The molecule has 0 saturated carbocycles. The number of hydrogen-bond acceptors (Lipinski definition) is 4. The highest BCUT2D eigenvalue weighted by Crippen LogP contribution is 2.21. The first kappa shape index (κ1) is 19.8. The molecule has 2 heterocycles. The van der Waals surface area contributed by atoms with Crippen LogP contribution < -0.4 is 15.8 Å². The van der Waals surface area contributed by atoms with Crippen LogP contribution in [0.3, 0.4) is 0 Å². The molecule has 7 heteroatoms. The van der Waals surface area contributed by atoms with Crippen molar-refractivity contribution in [2.24, 2.45) is 0 Å². The molecule has 4 rings (SSSR count). The zero-order valence-corrected chi connectivity index (χ0v) is 16.9.